The molecule has 0 nitrogen and oxygen atoms in total. The molecule has 0 aromatic heterocycles. The Kier molecular flexibility index (Phi) is 14.9. The van der Waals surface area contributed by atoms with Gasteiger partial charge in [-0.3, -0.25) is 12.2 Å². The van der Waals surface area contributed by atoms with E-state index in [0.717, 1.165) is 6.42 Å². The van der Waals surface area contributed by atoms with Gasteiger partial charge in [0.05, 0.1) is 0 Å². The zero-order chi connectivity index (χ0) is 31.7. The van der Waals surface area contributed by atoms with E-state index >= 15 is 0 Å². The van der Waals surface area contributed by atoms with Gasteiger partial charge in [-0.05, 0) is 58.4 Å². The normalized spacial score (nSPS) is 17.8. The smallest absolute Gasteiger partial charge is 0.171 e. The Morgan fingerprint density at radius 3 is 1.78 bits per heavy atom. The molecule has 3 aromatic carbocycles. The summed E-state index contributed by atoms with van der Waals surface area (Å²) in [4.78, 5) is 0. The van der Waals surface area contributed by atoms with Crippen LogP contribution in [0.3, 0.4) is 0 Å². The van der Waals surface area contributed by atoms with Gasteiger partial charge in [-0.2, -0.15) is 53.6 Å². The van der Waals surface area contributed by atoms with Crippen LogP contribution in [0.1, 0.15) is 103 Å². The molecule has 1 unspecified atom stereocenters. The molecule has 46 heavy (non-hydrogen) atoms. The standard InChI is InChI=1S/C25H25.C10H15.C6H5.CH3.CH2.2ClH.Zr/c1-14-12-24(3,4)22-8-16-7-17-9-23-19(15(2)13-25(23,5)6)11-21(17)20(16)10-18(14)22;1-8-5-6-9(7-8)10(2,3)4;1-2-4-6-5-3-1;;;;;/h8-12H,7H2,1-6H3;6-8H,1-4H3;1-5H;1H3;1H2;2*1H;/q4*-1;;;;. The molecule has 4 aliphatic rings. The van der Waals surface area contributed by atoms with Crippen LogP contribution in [0.4, 0.5) is 0 Å². The van der Waals surface area contributed by atoms with Crippen LogP contribution in [0, 0.1) is 37.0 Å². The molecule has 3 aromatic rings. The van der Waals surface area contributed by atoms with E-state index in [0.29, 0.717) is 11.3 Å². The van der Waals surface area contributed by atoms with Gasteiger partial charge in [-0.1, -0.05) is 97.3 Å². The van der Waals surface area contributed by atoms with Crippen molar-refractivity contribution < 1.29 is 24.2 Å². The third-order valence-corrected chi connectivity index (χ3v) is 8.84. The van der Waals surface area contributed by atoms with Crippen molar-refractivity contribution in [1.29, 1.82) is 0 Å². The van der Waals surface area contributed by atoms with E-state index in [4.69, 9.17) is 0 Å². The second-order valence-electron chi connectivity index (χ2n) is 14.3. The monoisotopic (exact) mass is 728 g/mol. The third kappa shape index (κ3) is 8.89. The van der Waals surface area contributed by atoms with E-state index in [1.807, 2.05) is 30.3 Å². The zero-order valence-corrected chi connectivity index (χ0v) is 33.8. The first kappa shape index (κ1) is 42.0. The van der Waals surface area contributed by atoms with Gasteiger partial charge in [0.15, 0.2) is 0 Å². The van der Waals surface area contributed by atoms with Crippen molar-refractivity contribution in [3.63, 3.8) is 0 Å². The second-order valence-corrected chi connectivity index (χ2v) is 14.3. The predicted octanol–water partition coefficient (Wildman–Crippen LogP) is 12.2. The molecule has 0 heterocycles. The van der Waals surface area contributed by atoms with Crippen molar-refractivity contribution in [3.05, 3.63) is 137 Å². The Balaban J connectivity index is 0.000000421. The average Bonchev–Trinajstić information content (AvgIpc) is 3.67. The first-order valence-electron chi connectivity index (χ1n) is 15.4. The molecule has 0 N–H and O–H groups in total. The molecule has 0 radical (unpaired) electrons. The third-order valence-electron chi connectivity index (χ3n) is 8.84. The van der Waals surface area contributed by atoms with E-state index in [1.165, 1.54) is 85.5 Å². The molecule has 0 bridgehead atoms. The van der Waals surface area contributed by atoms with Crippen molar-refractivity contribution in [2.24, 2.45) is 11.3 Å². The van der Waals surface area contributed by atoms with Gasteiger partial charge in [-0.25, -0.2) is 11.6 Å². The molecule has 0 spiro atoms. The Bertz CT molecular complexity index is 1520. The second kappa shape index (κ2) is 16.4. The molecule has 4 aliphatic carbocycles. The molecular formula is C43H52Cl2Zr-4. The van der Waals surface area contributed by atoms with Crippen LogP contribution >= 0.6 is 24.8 Å². The van der Waals surface area contributed by atoms with Crippen LogP contribution in [0.2, 0.25) is 0 Å². The number of halogens is 2. The molecule has 7 rings (SSSR count). The summed E-state index contributed by atoms with van der Waals surface area (Å²) in [6.07, 6.45) is 14.8. The van der Waals surface area contributed by atoms with Crippen molar-refractivity contribution in [3.8, 4) is 11.1 Å². The van der Waals surface area contributed by atoms with Crippen molar-refractivity contribution in [2.45, 2.75) is 86.5 Å². The van der Waals surface area contributed by atoms with Gasteiger partial charge in [-0.15, -0.1) is 36.4 Å². The molecular weight excluding hydrogens is 679 g/mol. The Labute approximate surface area is 308 Å². The molecule has 3 heteroatoms. The first-order chi connectivity index (χ1) is 20.2. The molecule has 0 saturated carbocycles. The van der Waals surface area contributed by atoms with Crippen molar-refractivity contribution >= 4 is 40.2 Å². The number of benzene rings is 3. The van der Waals surface area contributed by atoms with E-state index < -0.39 is 0 Å². The van der Waals surface area contributed by atoms with E-state index in [-0.39, 0.29) is 43.1 Å². The van der Waals surface area contributed by atoms with Gasteiger partial charge in [0, 0.05) is 5.41 Å². The molecule has 0 saturated heterocycles. The SMILES string of the molecule is CC1=[C-]C(C)(C)c2cc3c(cc21)-c1cc2c(cc1C3)C(C)(C)C=C2C.CC1[C-]=CC(C(C)(C)C)=C1.Cl.Cl.[CH2]=[Zr].[CH3-].[c-]1ccccc1. The average molecular weight is 731 g/mol. The van der Waals surface area contributed by atoms with Crippen LogP contribution in [0.5, 0.6) is 0 Å². The maximum absolute atomic E-state index is 3.65. The van der Waals surface area contributed by atoms with Gasteiger partial charge in [0.2, 0.25) is 0 Å². The fourth-order valence-corrected chi connectivity index (χ4v) is 6.67. The summed E-state index contributed by atoms with van der Waals surface area (Å²) in [7, 11) is 0. The Morgan fingerprint density at radius 1 is 0.804 bits per heavy atom. The topological polar surface area (TPSA) is 0 Å². The number of fused-ring (bicyclic) bond motifs is 5. The van der Waals surface area contributed by atoms with Crippen LogP contribution in [-0.4, -0.2) is 4.21 Å². The van der Waals surface area contributed by atoms with Crippen LogP contribution in [-0.2, 0) is 41.5 Å². The van der Waals surface area contributed by atoms with E-state index in [9.17, 15) is 0 Å². The minimum atomic E-state index is 0. The van der Waals surface area contributed by atoms with Gasteiger partial charge >= 0.3 is 28.4 Å². The number of hydrogen-bond donors (Lipinski definition) is 0. The van der Waals surface area contributed by atoms with Crippen LogP contribution in [0.15, 0.2) is 78.4 Å². The predicted molar refractivity (Wildman–Crippen MR) is 205 cm³/mol. The van der Waals surface area contributed by atoms with Crippen molar-refractivity contribution in [1.82, 2.24) is 0 Å². The quantitative estimate of drug-likeness (QED) is 0.158. The summed E-state index contributed by atoms with van der Waals surface area (Å²) in [5, 5.41) is 0. The number of rotatable bonds is 0. The van der Waals surface area contributed by atoms with Gasteiger partial charge in [0.25, 0.3) is 0 Å². The van der Waals surface area contributed by atoms with Gasteiger partial charge < -0.3 is 7.43 Å². The fourth-order valence-electron chi connectivity index (χ4n) is 6.67. The minimum absolute atomic E-state index is 0. The van der Waals surface area contributed by atoms with Crippen LogP contribution in [0.25, 0.3) is 22.3 Å². The molecule has 1 atom stereocenters. The summed E-state index contributed by atoms with van der Waals surface area (Å²) in [6.45, 7) is 22.5. The largest absolute Gasteiger partial charge is 0.358 e. The Morgan fingerprint density at radius 2 is 1.35 bits per heavy atom. The van der Waals surface area contributed by atoms with Gasteiger partial charge in [0.1, 0.15) is 0 Å². The number of hydrogen-bond acceptors (Lipinski definition) is 0. The summed E-state index contributed by atoms with van der Waals surface area (Å²) >= 11 is 1.30. The first-order valence-corrected chi connectivity index (χ1v) is 17.2. The summed E-state index contributed by atoms with van der Waals surface area (Å²) < 4.78 is 3.34. The minimum Gasteiger partial charge on any atom is -0.358 e. The fraction of sp³-hybridized carbons (Fsp3) is 0.349. The molecule has 0 aliphatic heterocycles. The summed E-state index contributed by atoms with van der Waals surface area (Å²) in [5.74, 6) is 0.522. The van der Waals surface area contributed by atoms with Crippen LogP contribution < -0.4 is 0 Å². The summed E-state index contributed by atoms with van der Waals surface area (Å²) in [5.41, 5.74) is 16.3. The maximum Gasteiger partial charge on any atom is -0.171 e. The maximum atomic E-state index is 3.65. The number of allylic oxidation sites excluding steroid dienone is 8. The zero-order valence-electron chi connectivity index (χ0n) is 29.7. The van der Waals surface area contributed by atoms with E-state index in [2.05, 4.69) is 134 Å². The molecule has 0 fully saturated rings. The van der Waals surface area contributed by atoms with Crippen molar-refractivity contribution in [2.75, 3.05) is 0 Å². The molecule has 246 valence electrons. The summed E-state index contributed by atoms with van der Waals surface area (Å²) in [6, 6.07) is 22.3. The molecule has 0 amide bonds. The van der Waals surface area contributed by atoms with E-state index in [1.54, 1.807) is 0 Å². The Hall–Kier alpha value is -2.05.